The Morgan fingerprint density at radius 3 is 1.63 bits per heavy atom. The zero-order valence-corrected chi connectivity index (χ0v) is 18.9. The average Bonchev–Trinajstić information content (AvgIpc) is 2.53. The SMILES string of the molecule is CC(C)=CCC/C(C)=C/CCC(C)=CCC/C(C)=C/COC(=O)CC(C)C. The van der Waals surface area contributed by atoms with E-state index in [1.165, 1.54) is 28.7 Å². The Kier molecular flexibility index (Phi) is 14.6. The summed E-state index contributed by atoms with van der Waals surface area (Å²) in [6.07, 6.45) is 16.2. The lowest BCUT2D eigenvalue weighted by Gasteiger charge is -2.05. The van der Waals surface area contributed by atoms with Crippen LogP contribution < -0.4 is 0 Å². The molecule has 0 bridgehead atoms. The summed E-state index contributed by atoms with van der Waals surface area (Å²) in [5.41, 5.74) is 5.64. The van der Waals surface area contributed by atoms with Crippen LogP contribution in [-0.4, -0.2) is 12.6 Å². The van der Waals surface area contributed by atoms with E-state index in [1.54, 1.807) is 0 Å². The minimum absolute atomic E-state index is 0.103. The van der Waals surface area contributed by atoms with Gasteiger partial charge in [-0.3, -0.25) is 4.79 Å². The van der Waals surface area contributed by atoms with Crippen LogP contribution in [0.3, 0.4) is 0 Å². The fraction of sp³-hybridized carbons (Fsp3) is 0.640. The lowest BCUT2D eigenvalue weighted by Crippen LogP contribution is -2.07. The van der Waals surface area contributed by atoms with Gasteiger partial charge in [-0.2, -0.15) is 0 Å². The first-order chi connectivity index (χ1) is 12.7. The van der Waals surface area contributed by atoms with Crippen molar-refractivity contribution in [3.63, 3.8) is 0 Å². The minimum Gasteiger partial charge on any atom is -0.461 e. The Hall–Kier alpha value is -1.57. The number of rotatable bonds is 13. The van der Waals surface area contributed by atoms with E-state index in [0.717, 1.165) is 32.1 Å². The van der Waals surface area contributed by atoms with Crippen LogP contribution in [0.1, 0.15) is 93.4 Å². The molecule has 0 spiro atoms. The number of hydrogen-bond acceptors (Lipinski definition) is 2. The Balaban J connectivity index is 4.01. The van der Waals surface area contributed by atoms with E-state index in [1.807, 2.05) is 19.9 Å². The van der Waals surface area contributed by atoms with Crippen molar-refractivity contribution in [2.24, 2.45) is 5.92 Å². The highest BCUT2D eigenvalue weighted by molar-refractivity contribution is 5.69. The second-order valence-electron chi connectivity index (χ2n) is 8.33. The molecule has 0 unspecified atom stereocenters. The van der Waals surface area contributed by atoms with Crippen molar-refractivity contribution in [2.45, 2.75) is 93.4 Å². The quantitative estimate of drug-likeness (QED) is 0.243. The third kappa shape index (κ3) is 17.6. The molecule has 0 rings (SSSR count). The van der Waals surface area contributed by atoms with Crippen molar-refractivity contribution >= 4 is 5.97 Å². The molecule has 154 valence electrons. The summed E-state index contributed by atoms with van der Waals surface area (Å²) in [5, 5.41) is 0. The number of carbonyl (C=O) groups is 1. The second-order valence-corrected chi connectivity index (χ2v) is 8.33. The van der Waals surface area contributed by atoms with E-state index in [9.17, 15) is 4.79 Å². The lowest BCUT2D eigenvalue weighted by molar-refractivity contribution is -0.143. The Morgan fingerprint density at radius 2 is 1.19 bits per heavy atom. The van der Waals surface area contributed by atoms with Gasteiger partial charge in [0, 0.05) is 6.42 Å². The maximum Gasteiger partial charge on any atom is 0.306 e. The van der Waals surface area contributed by atoms with Crippen molar-refractivity contribution in [3.8, 4) is 0 Å². The van der Waals surface area contributed by atoms with Gasteiger partial charge in [-0.1, -0.05) is 54.4 Å². The summed E-state index contributed by atoms with van der Waals surface area (Å²) in [7, 11) is 0. The maximum absolute atomic E-state index is 11.5. The predicted molar refractivity (Wildman–Crippen MR) is 119 cm³/mol. The molecule has 2 heteroatoms. The summed E-state index contributed by atoms with van der Waals surface area (Å²) in [4.78, 5) is 11.5. The van der Waals surface area contributed by atoms with Crippen LogP contribution in [0.4, 0.5) is 0 Å². The molecule has 27 heavy (non-hydrogen) atoms. The molecule has 0 aromatic rings. The first-order valence-electron chi connectivity index (χ1n) is 10.5. The first-order valence-corrected chi connectivity index (χ1v) is 10.5. The maximum atomic E-state index is 11.5. The summed E-state index contributed by atoms with van der Waals surface area (Å²) in [5.74, 6) is 0.251. The van der Waals surface area contributed by atoms with E-state index in [0.29, 0.717) is 18.9 Å². The van der Waals surface area contributed by atoms with Gasteiger partial charge in [-0.05, 0) is 85.1 Å². The summed E-state index contributed by atoms with van der Waals surface area (Å²) >= 11 is 0. The van der Waals surface area contributed by atoms with Gasteiger partial charge in [0.25, 0.3) is 0 Å². The van der Waals surface area contributed by atoms with Crippen LogP contribution in [0.15, 0.2) is 46.6 Å². The Labute approximate surface area is 168 Å². The Bertz CT molecular complexity index is 541. The molecule has 0 amide bonds. The molecule has 0 saturated carbocycles. The molecule has 0 N–H and O–H groups in total. The predicted octanol–water partition coefficient (Wildman–Crippen LogP) is 7.72. The molecule has 0 aliphatic rings. The molecule has 0 atom stereocenters. The van der Waals surface area contributed by atoms with Gasteiger partial charge < -0.3 is 4.74 Å². The van der Waals surface area contributed by atoms with Crippen molar-refractivity contribution in [1.29, 1.82) is 0 Å². The third-order valence-electron chi connectivity index (χ3n) is 4.41. The molecule has 0 aromatic heterocycles. The summed E-state index contributed by atoms with van der Waals surface area (Å²) < 4.78 is 5.23. The van der Waals surface area contributed by atoms with Crippen molar-refractivity contribution < 1.29 is 9.53 Å². The molecule has 0 saturated heterocycles. The van der Waals surface area contributed by atoms with E-state index < -0.39 is 0 Å². The van der Waals surface area contributed by atoms with E-state index in [4.69, 9.17) is 4.74 Å². The zero-order chi connectivity index (χ0) is 20.7. The number of carbonyl (C=O) groups excluding carboxylic acids is 1. The number of hydrogen-bond donors (Lipinski definition) is 0. The Morgan fingerprint density at radius 1 is 0.741 bits per heavy atom. The lowest BCUT2D eigenvalue weighted by atomic mass is 10.0. The molecule has 0 aliphatic heterocycles. The van der Waals surface area contributed by atoms with Gasteiger partial charge in [0.1, 0.15) is 6.61 Å². The van der Waals surface area contributed by atoms with Crippen molar-refractivity contribution in [2.75, 3.05) is 6.61 Å². The number of ether oxygens (including phenoxy) is 1. The molecular weight excluding hydrogens is 332 g/mol. The highest BCUT2D eigenvalue weighted by Gasteiger charge is 2.04. The number of esters is 1. The highest BCUT2D eigenvalue weighted by Crippen LogP contribution is 2.13. The summed E-state index contributed by atoms with van der Waals surface area (Å²) in [6.45, 7) is 15.3. The normalized spacial score (nSPS) is 13.1. The van der Waals surface area contributed by atoms with Crippen molar-refractivity contribution in [3.05, 3.63) is 46.6 Å². The molecular formula is C25H42O2. The van der Waals surface area contributed by atoms with Gasteiger partial charge in [0.2, 0.25) is 0 Å². The van der Waals surface area contributed by atoms with Gasteiger partial charge in [-0.15, -0.1) is 0 Å². The van der Waals surface area contributed by atoms with E-state index in [-0.39, 0.29) is 5.97 Å². The monoisotopic (exact) mass is 374 g/mol. The third-order valence-corrected chi connectivity index (χ3v) is 4.41. The first kappa shape index (κ1) is 25.4. The van der Waals surface area contributed by atoms with Crippen molar-refractivity contribution in [1.82, 2.24) is 0 Å². The van der Waals surface area contributed by atoms with E-state index in [2.05, 4.69) is 52.8 Å². The van der Waals surface area contributed by atoms with Crippen LogP contribution in [0.25, 0.3) is 0 Å². The van der Waals surface area contributed by atoms with Crippen LogP contribution in [0, 0.1) is 5.92 Å². The topological polar surface area (TPSA) is 26.3 Å². The molecule has 2 nitrogen and oxygen atoms in total. The smallest absolute Gasteiger partial charge is 0.306 e. The van der Waals surface area contributed by atoms with Crippen LogP contribution in [0.5, 0.6) is 0 Å². The van der Waals surface area contributed by atoms with Crippen LogP contribution >= 0.6 is 0 Å². The second kappa shape index (κ2) is 15.5. The summed E-state index contributed by atoms with van der Waals surface area (Å²) in [6, 6.07) is 0. The van der Waals surface area contributed by atoms with Crippen LogP contribution in [-0.2, 0) is 9.53 Å². The number of allylic oxidation sites excluding steroid dienone is 7. The fourth-order valence-corrected chi connectivity index (χ4v) is 2.66. The van der Waals surface area contributed by atoms with Gasteiger partial charge in [0.05, 0.1) is 0 Å². The van der Waals surface area contributed by atoms with Gasteiger partial charge in [-0.25, -0.2) is 0 Å². The minimum atomic E-state index is -0.103. The molecule has 0 fully saturated rings. The largest absolute Gasteiger partial charge is 0.461 e. The van der Waals surface area contributed by atoms with Gasteiger partial charge in [0.15, 0.2) is 0 Å². The fourth-order valence-electron chi connectivity index (χ4n) is 2.66. The van der Waals surface area contributed by atoms with Crippen LogP contribution in [0.2, 0.25) is 0 Å². The zero-order valence-electron chi connectivity index (χ0n) is 18.9. The highest BCUT2D eigenvalue weighted by atomic mass is 16.5. The molecule has 0 radical (unpaired) electrons. The molecule has 0 aliphatic carbocycles. The molecule has 0 heterocycles. The standard InChI is InChI=1S/C25H42O2/c1-20(2)11-8-12-22(5)13-9-14-23(6)15-10-16-24(7)17-18-27-25(26)19-21(3)4/h11,13,15,17,21H,8-10,12,14,16,18-19H2,1-7H3/b22-13+,23-15?,24-17+. The average molecular weight is 375 g/mol. The van der Waals surface area contributed by atoms with E-state index >= 15 is 0 Å². The molecule has 0 aromatic carbocycles. The van der Waals surface area contributed by atoms with Gasteiger partial charge >= 0.3 is 5.97 Å².